The van der Waals surface area contributed by atoms with Gasteiger partial charge in [0.2, 0.25) is 0 Å². The van der Waals surface area contributed by atoms with Crippen molar-refractivity contribution in [1.29, 1.82) is 0 Å². The highest BCUT2D eigenvalue weighted by atomic mass is 31.2. The standard InChI is InChI=1S/C18H23O2P/c1-15(18(2,3)4)20-21(19,16-11-7-5-8-12-16)17-13-9-6-10-14-17/h5-15H,1-4H3. The van der Waals surface area contributed by atoms with E-state index in [1.54, 1.807) is 0 Å². The maximum Gasteiger partial charge on any atom is 0.261 e. The molecule has 1 unspecified atom stereocenters. The van der Waals surface area contributed by atoms with Crippen molar-refractivity contribution in [2.24, 2.45) is 5.41 Å². The van der Waals surface area contributed by atoms with E-state index in [4.69, 9.17) is 4.52 Å². The van der Waals surface area contributed by atoms with Gasteiger partial charge in [-0.3, -0.25) is 4.57 Å². The first-order valence-corrected chi connectivity index (χ1v) is 8.86. The second-order valence-electron chi connectivity index (χ2n) is 6.34. The predicted octanol–water partition coefficient (Wildman–Crippen LogP) is 4.37. The fourth-order valence-electron chi connectivity index (χ4n) is 1.90. The summed E-state index contributed by atoms with van der Waals surface area (Å²) in [6, 6.07) is 19.0. The van der Waals surface area contributed by atoms with E-state index in [0.717, 1.165) is 10.6 Å². The maximum absolute atomic E-state index is 13.7. The molecule has 1 atom stereocenters. The Morgan fingerprint density at radius 1 is 0.857 bits per heavy atom. The van der Waals surface area contributed by atoms with Crippen LogP contribution in [0.5, 0.6) is 0 Å². The van der Waals surface area contributed by atoms with Crippen LogP contribution < -0.4 is 10.6 Å². The summed E-state index contributed by atoms with van der Waals surface area (Å²) in [6.45, 7) is 8.27. The topological polar surface area (TPSA) is 26.3 Å². The highest BCUT2D eigenvalue weighted by Gasteiger charge is 2.34. The van der Waals surface area contributed by atoms with Gasteiger partial charge in [-0.15, -0.1) is 0 Å². The Morgan fingerprint density at radius 2 is 1.24 bits per heavy atom. The number of rotatable bonds is 4. The lowest BCUT2D eigenvalue weighted by molar-refractivity contribution is 0.111. The van der Waals surface area contributed by atoms with Gasteiger partial charge in [0, 0.05) is 10.6 Å². The molecule has 0 amide bonds. The molecule has 0 aliphatic rings. The lowest BCUT2D eigenvalue weighted by atomic mass is 9.91. The van der Waals surface area contributed by atoms with E-state index >= 15 is 0 Å². The molecule has 2 aromatic rings. The molecule has 0 fully saturated rings. The minimum Gasteiger partial charge on any atom is -0.318 e. The number of hydrogen-bond acceptors (Lipinski definition) is 2. The van der Waals surface area contributed by atoms with Crippen molar-refractivity contribution in [3.8, 4) is 0 Å². The summed E-state index contributed by atoms with van der Waals surface area (Å²) in [5.74, 6) is 0. The van der Waals surface area contributed by atoms with Crippen LogP contribution >= 0.6 is 7.37 Å². The Morgan fingerprint density at radius 3 is 1.57 bits per heavy atom. The van der Waals surface area contributed by atoms with Crippen LogP contribution in [0.2, 0.25) is 0 Å². The van der Waals surface area contributed by atoms with Gasteiger partial charge in [-0.25, -0.2) is 0 Å². The SMILES string of the molecule is CC(OP(=O)(c1ccccc1)c1ccccc1)C(C)(C)C. The Labute approximate surface area is 127 Å². The molecule has 0 aromatic heterocycles. The van der Waals surface area contributed by atoms with Gasteiger partial charge in [0.05, 0.1) is 6.10 Å². The molecule has 112 valence electrons. The predicted molar refractivity (Wildman–Crippen MR) is 89.8 cm³/mol. The average molecular weight is 302 g/mol. The van der Waals surface area contributed by atoms with Gasteiger partial charge in [-0.05, 0) is 36.6 Å². The summed E-state index contributed by atoms with van der Waals surface area (Å²) >= 11 is 0. The van der Waals surface area contributed by atoms with Gasteiger partial charge in [-0.2, -0.15) is 0 Å². The van der Waals surface area contributed by atoms with Crippen molar-refractivity contribution in [3.05, 3.63) is 60.7 Å². The van der Waals surface area contributed by atoms with E-state index in [-0.39, 0.29) is 11.5 Å². The van der Waals surface area contributed by atoms with Crippen LogP contribution in [0.15, 0.2) is 60.7 Å². The van der Waals surface area contributed by atoms with Crippen molar-refractivity contribution in [1.82, 2.24) is 0 Å². The van der Waals surface area contributed by atoms with Gasteiger partial charge >= 0.3 is 0 Å². The van der Waals surface area contributed by atoms with Gasteiger partial charge < -0.3 is 4.52 Å². The average Bonchev–Trinajstić information content (AvgIpc) is 2.48. The summed E-state index contributed by atoms with van der Waals surface area (Å²) in [4.78, 5) is 0. The first kappa shape index (κ1) is 16.0. The van der Waals surface area contributed by atoms with E-state index in [0.29, 0.717) is 0 Å². The van der Waals surface area contributed by atoms with Crippen molar-refractivity contribution in [2.75, 3.05) is 0 Å². The van der Waals surface area contributed by atoms with Gasteiger partial charge in [0.25, 0.3) is 7.37 Å². The molecule has 0 radical (unpaired) electrons. The normalized spacial score (nSPS) is 13.9. The minimum atomic E-state index is -3.08. The van der Waals surface area contributed by atoms with Crippen molar-refractivity contribution in [2.45, 2.75) is 33.8 Å². The zero-order valence-corrected chi connectivity index (χ0v) is 14.0. The Bertz CT molecular complexity index is 571. The van der Waals surface area contributed by atoms with Crippen molar-refractivity contribution < 1.29 is 9.09 Å². The first-order chi connectivity index (χ1) is 9.84. The monoisotopic (exact) mass is 302 g/mol. The molecular formula is C18H23O2P. The van der Waals surface area contributed by atoms with E-state index in [2.05, 4.69) is 20.8 Å². The lowest BCUT2D eigenvalue weighted by Crippen LogP contribution is -2.29. The highest BCUT2D eigenvalue weighted by molar-refractivity contribution is 7.74. The second-order valence-corrected chi connectivity index (χ2v) is 8.68. The largest absolute Gasteiger partial charge is 0.318 e. The van der Waals surface area contributed by atoms with Crippen LogP contribution in [0.25, 0.3) is 0 Å². The molecule has 0 saturated carbocycles. The van der Waals surface area contributed by atoms with Crippen molar-refractivity contribution >= 4 is 18.0 Å². The van der Waals surface area contributed by atoms with E-state index < -0.39 is 7.37 Å². The van der Waals surface area contributed by atoms with Gasteiger partial charge in [0.1, 0.15) is 0 Å². The maximum atomic E-state index is 13.7. The van der Waals surface area contributed by atoms with Gasteiger partial charge in [-0.1, -0.05) is 57.2 Å². The zero-order chi connectivity index (χ0) is 15.5. The molecule has 0 spiro atoms. The molecule has 2 aromatic carbocycles. The summed E-state index contributed by atoms with van der Waals surface area (Å²) in [5.41, 5.74) is -0.0702. The fourth-order valence-corrected chi connectivity index (χ4v) is 4.33. The number of benzene rings is 2. The molecule has 0 bridgehead atoms. The minimum absolute atomic E-state index is 0.0702. The molecule has 2 rings (SSSR count). The summed E-state index contributed by atoms with van der Waals surface area (Å²) < 4.78 is 19.8. The Kier molecular flexibility index (Phi) is 4.70. The summed E-state index contributed by atoms with van der Waals surface area (Å²) in [7, 11) is -3.08. The fraction of sp³-hybridized carbons (Fsp3) is 0.333. The molecule has 0 heterocycles. The summed E-state index contributed by atoms with van der Waals surface area (Å²) in [5, 5.41) is 1.49. The van der Waals surface area contributed by atoms with Crippen LogP contribution in [-0.4, -0.2) is 6.10 Å². The number of hydrogen-bond donors (Lipinski definition) is 0. The third-order valence-electron chi connectivity index (χ3n) is 3.72. The summed E-state index contributed by atoms with van der Waals surface area (Å²) in [6.07, 6.45) is -0.122. The second kappa shape index (κ2) is 6.17. The molecule has 0 aliphatic carbocycles. The van der Waals surface area contributed by atoms with Crippen LogP contribution in [0.3, 0.4) is 0 Å². The molecule has 0 N–H and O–H groups in total. The lowest BCUT2D eigenvalue weighted by Gasteiger charge is -2.31. The molecule has 21 heavy (non-hydrogen) atoms. The molecule has 3 heteroatoms. The third kappa shape index (κ3) is 3.64. The Hall–Kier alpha value is -1.37. The highest BCUT2D eigenvalue weighted by Crippen LogP contribution is 2.48. The molecular weight excluding hydrogens is 279 g/mol. The smallest absolute Gasteiger partial charge is 0.261 e. The zero-order valence-electron chi connectivity index (χ0n) is 13.1. The van der Waals surface area contributed by atoms with E-state index in [9.17, 15) is 4.57 Å². The molecule has 0 saturated heterocycles. The van der Waals surface area contributed by atoms with Crippen LogP contribution in [-0.2, 0) is 9.09 Å². The van der Waals surface area contributed by atoms with Crippen LogP contribution in [0.4, 0.5) is 0 Å². The van der Waals surface area contributed by atoms with E-state index in [1.807, 2.05) is 67.6 Å². The first-order valence-electron chi connectivity index (χ1n) is 7.24. The van der Waals surface area contributed by atoms with Crippen molar-refractivity contribution in [3.63, 3.8) is 0 Å². The van der Waals surface area contributed by atoms with Crippen LogP contribution in [0.1, 0.15) is 27.7 Å². The third-order valence-corrected chi connectivity index (χ3v) is 6.29. The van der Waals surface area contributed by atoms with Gasteiger partial charge in [0.15, 0.2) is 0 Å². The molecule has 2 nitrogen and oxygen atoms in total. The van der Waals surface area contributed by atoms with E-state index in [1.165, 1.54) is 0 Å². The van der Waals surface area contributed by atoms with Crippen LogP contribution in [0, 0.1) is 5.41 Å². The Balaban J connectivity index is 2.48. The quantitative estimate of drug-likeness (QED) is 0.784. The molecule has 0 aliphatic heterocycles.